The fourth-order valence-corrected chi connectivity index (χ4v) is 0. The molecule has 0 aromatic heterocycles. The molecule has 0 fully saturated rings. The van der Waals surface area contributed by atoms with Gasteiger partial charge in [-0.2, -0.15) is 21.0 Å². The summed E-state index contributed by atoms with van der Waals surface area (Å²) in [7, 11) is -11.5. The number of rotatable bonds is 0. The monoisotopic (exact) mass is 370 g/mol. The van der Waals surface area contributed by atoms with E-state index in [1.165, 1.54) is 0 Å². The summed E-state index contributed by atoms with van der Waals surface area (Å²) in [4.78, 5) is 25.6. The Morgan fingerprint density at radius 3 is 1.07 bits per heavy atom. The Balaban J connectivity index is -0.0000000770. The first-order chi connectivity index (χ1) is 5.25. The fraction of sp³-hybridized carbons (Fsp3) is 1.00. The third-order valence-electron chi connectivity index (χ3n) is 0.283. The van der Waals surface area contributed by atoms with Crippen molar-refractivity contribution in [2.75, 3.05) is 0 Å². The molecule has 0 saturated carbocycles. The van der Waals surface area contributed by atoms with Gasteiger partial charge in [-0.3, -0.25) is 0 Å². The number of alkyl halides is 3. The number of hydrogen-bond acceptors (Lipinski definition) is 7. The molecule has 14 heteroatoms. The quantitative estimate of drug-likeness (QED) is 0.194. The molecule has 0 bridgehead atoms. The maximum atomic E-state index is 10.7. The van der Waals surface area contributed by atoms with Gasteiger partial charge >= 0.3 is 39.6 Å². The average molecular weight is 371 g/mol. The maximum Gasteiger partial charge on any atom is 2.00 e. The minimum Gasteiger partial charge on any atom is -0.822 e. The zero-order valence-corrected chi connectivity index (χ0v) is 9.54. The first-order valence-corrected chi connectivity index (χ1v) is 4.87. The Bertz CT molecular complexity index is 284. The van der Waals surface area contributed by atoms with Crippen molar-refractivity contribution in [3.63, 3.8) is 0 Å². The molecule has 2 radical (unpaired) electrons. The van der Waals surface area contributed by atoms with Crippen LogP contribution in [-0.2, 0) is 48.8 Å². The van der Waals surface area contributed by atoms with Crippen molar-refractivity contribution >= 4 is 17.9 Å². The molecule has 0 aliphatic rings. The summed E-state index contributed by atoms with van der Waals surface area (Å²) in [6.07, 6.45) is 0. The molecule has 7 nitrogen and oxygen atoms in total. The van der Waals surface area contributed by atoms with Gasteiger partial charge in [0, 0.05) is 0 Å². The summed E-state index contributed by atoms with van der Waals surface area (Å²) in [6.45, 7) is 0. The Labute approximate surface area is 103 Å². The van der Waals surface area contributed by atoms with Crippen molar-refractivity contribution in [1.29, 1.82) is 0 Å². The standard InChI is InChI=1S/CHF3O3S.2Cu.H3O4P/c2-1(3,4)8(5,6)7;;;1-5(2,3)4/h(H,5,6,7);;;(H3,1,2,3,4)/q;2*+2;/p-4. The predicted molar refractivity (Wildman–Crippen MR) is 23.4 cm³/mol. The fourth-order valence-electron chi connectivity index (χ4n) is 0. The van der Waals surface area contributed by atoms with Crippen molar-refractivity contribution in [3.8, 4) is 0 Å². The summed E-state index contributed by atoms with van der Waals surface area (Å²) < 4.78 is 67.5. The van der Waals surface area contributed by atoms with Crippen molar-refractivity contribution in [2.24, 2.45) is 0 Å². The van der Waals surface area contributed by atoms with Gasteiger partial charge in [0.05, 0.1) is 0 Å². The summed E-state index contributed by atoms with van der Waals surface area (Å²) >= 11 is 0. The minimum atomic E-state index is -6.09. The van der Waals surface area contributed by atoms with E-state index in [-0.39, 0.29) is 34.1 Å². The molecule has 0 aliphatic carbocycles. The van der Waals surface area contributed by atoms with E-state index in [0.717, 1.165) is 0 Å². The van der Waals surface area contributed by atoms with E-state index >= 15 is 0 Å². The van der Waals surface area contributed by atoms with Crippen molar-refractivity contribution in [2.45, 2.75) is 5.51 Å². The summed E-state index contributed by atoms with van der Waals surface area (Å²) in [5, 5.41) is 0. The van der Waals surface area contributed by atoms with Gasteiger partial charge in [0.1, 0.15) is 0 Å². The minimum absolute atomic E-state index is 0. The third kappa shape index (κ3) is 25.3. The van der Waals surface area contributed by atoms with Gasteiger partial charge < -0.3 is 23.8 Å². The van der Waals surface area contributed by atoms with Crippen molar-refractivity contribution in [1.82, 2.24) is 0 Å². The van der Waals surface area contributed by atoms with Crippen LogP contribution in [0.25, 0.3) is 0 Å². The first-order valence-electron chi connectivity index (χ1n) is 2.00. The van der Waals surface area contributed by atoms with Gasteiger partial charge in [-0.15, -0.1) is 0 Å². The van der Waals surface area contributed by atoms with Gasteiger partial charge in [0.15, 0.2) is 10.1 Å². The van der Waals surface area contributed by atoms with Crippen LogP contribution in [0.2, 0.25) is 0 Å². The summed E-state index contributed by atoms with van der Waals surface area (Å²) in [6, 6.07) is 0. The molecule has 0 N–H and O–H groups in total. The van der Waals surface area contributed by atoms with Crippen LogP contribution < -0.4 is 14.7 Å². The average Bonchev–Trinajstić information content (AvgIpc) is 1.50. The molecule has 100 valence electrons. The van der Waals surface area contributed by atoms with Gasteiger partial charge in [-0.1, -0.05) is 0 Å². The Morgan fingerprint density at radius 1 is 1.00 bits per heavy atom. The van der Waals surface area contributed by atoms with E-state index in [2.05, 4.69) is 0 Å². The molecule has 0 heterocycles. The zero-order valence-electron chi connectivity index (χ0n) is 5.95. The smallest absolute Gasteiger partial charge is 0.822 e. The van der Waals surface area contributed by atoms with E-state index in [1.807, 2.05) is 0 Å². The molecular weight excluding hydrogens is 371 g/mol. The second-order valence-electron chi connectivity index (χ2n) is 1.35. The van der Waals surface area contributed by atoms with Crippen LogP contribution in [0.1, 0.15) is 0 Å². The van der Waals surface area contributed by atoms with E-state index in [4.69, 9.17) is 32.2 Å². The molecule has 0 aromatic rings. The molecule has 0 unspecified atom stereocenters. The first kappa shape index (κ1) is 24.9. The third-order valence-corrected chi connectivity index (χ3v) is 0.850. The molecule has 0 rings (SSSR count). The normalized spacial score (nSPS) is 11.4. The van der Waals surface area contributed by atoms with Crippen LogP contribution in [0.4, 0.5) is 13.2 Å². The van der Waals surface area contributed by atoms with Gasteiger partial charge in [-0.05, 0) is 0 Å². The zero-order chi connectivity index (χ0) is 11.5. The van der Waals surface area contributed by atoms with Crippen molar-refractivity contribution in [3.05, 3.63) is 0 Å². The van der Waals surface area contributed by atoms with Crippen LogP contribution in [0, 0.1) is 0 Å². The number of hydrogen-bond donors (Lipinski definition) is 0. The van der Waals surface area contributed by atoms with Crippen LogP contribution in [-0.4, -0.2) is 18.5 Å². The second kappa shape index (κ2) is 8.02. The molecule has 0 aromatic carbocycles. The molecule has 0 aliphatic heterocycles. The Kier molecular flexibility index (Phi) is 13.3. The summed E-state index contributed by atoms with van der Waals surface area (Å²) in [5.74, 6) is 0. The van der Waals surface area contributed by atoms with Crippen molar-refractivity contribution < 1.29 is 79.5 Å². The predicted octanol–water partition coefficient (Wildman–Crippen LogP) is -2.78. The maximum absolute atomic E-state index is 10.7. The molecule has 15 heavy (non-hydrogen) atoms. The van der Waals surface area contributed by atoms with Crippen LogP contribution in [0.15, 0.2) is 0 Å². The number of phosphoric acid groups is 1. The van der Waals surface area contributed by atoms with Crippen LogP contribution in [0.5, 0.6) is 0 Å². The Hall–Kier alpha value is 0.849. The molecule has 0 spiro atoms. The molecule has 0 saturated heterocycles. The van der Waals surface area contributed by atoms with Gasteiger partial charge in [0.25, 0.3) is 0 Å². The largest absolute Gasteiger partial charge is 2.00 e. The molecular formula is CCu2F3O7PS. The van der Waals surface area contributed by atoms with Gasteiger partial charge in [-0.25, -0.2) is 8.42 Å². The topological polar surface area (TPSA) is 143 Å². The van der Waals surface area contributed by atoms with Crippen LogP contribution in [0.3, 0.4) is 0 Å². The van der Waals surface area contributed by atoms with E-state index in [1.54, 1.807) is 0 Å². The summed E-state index contributed by atoms with van der Waals surface area (Å²) in [5.41, 5.74) is -5.65. The number of halogens is 3. The SMILES string of the molecule is O=P([O-])([O-])[O-].O=S(=O)([O-])C(F)(F)F.[Cu+2].[Cu+2]. The van der Waals surface area contributed by atoms with E-state index in [9.17, 15) is 13.2 Å². The van der Waals surface area contributed by atoms with Crippen LogP contribution >= 0.6 is 7.82 Å². The van der Waals surface area contributed by atoms with Gasteiger partial charge in [0.2, 0.25) is 0 Å². The second-order valence-corrected chi connectivity index (χ2v) is 3.61. The van der Waals surface area contributed by atoms with E-state index in [0.29, 0.717) is 0 Å². The molecule has 0 amide bonds. The molecule has 0 atom stereocenters. The van der Waals surface area contributed by atoms with E-state index < -0.39 is 23.4 Å². The Morgan fingerprint density at radius 2 is 1.07 bits per heavy atom.